The van der Waals surface area contributed by atoms with Crippen LogP contribution in [0, 0.1) is 11.3 Å². The minimum absolute atomic E-state index is 0.0885. The Balaban J connectivity index is 2.82. The standard InChI is InChI=1S/C8H11F3O3/c1-2-14-6(13)7(8(9,10)11)3-5(7)4-12/h5,12H,2-4H2,1H3. The smallest absolute Gasteiger partial charge is 0.405 e. The quantitative estimate of drug-likeness (QED) is 0.713. The molecule has 0 aliphatic heterocycles. The zero-order chi connectivity index (χ0) is 11.0. The number of halogens is 3. The van der Waals surface area contributed by atoms with Crippen LogP contribution in [0.2, 0.25) is 0 Å². The number of rotatable bonds is 3. The van der Waals surface area contributed by atoms with Crippen molar-refractivity contribution in [3.8, 4) is 0 Å². The Bertz CT molecular complexity index is 238. The lowest BCUT2D eigenvalue weighted by molar-refractivity contribution is -0.211. The molecule has 1 N–H and O–H groups in total. The first kappa shape index (κ1) is 11.3. The fourth-order valence-electron chi connectivity index (χ4n) is 1.52. The second-order valence-corrected chi connectivity index (χ2v) is 3.27. The number of aliphatic hydroxyl groups excluding tert-OH is 1. The van der Waals surface area contributed by atoms with Crippen LogP contribution in [-0.4, -0.2) is 30.5 Å². The van der Waals surface area contributed by atoms with Crippen molar-refractivity contribution in [2.24, 2.45) is 11.3 Å². The van der Waals surface area contributed by atoms with Crippen molar-refractivity contribution in [1.29, 1.82) is 0 Å². The van der Waals surface area contributed by atoms with Crippen LogP contribution in [0.5, 0.6) is 0 Å². The topological polar surface area (TPSA) is 46.5 Å². The summed E-state index contributed by atoms with van der Waals surface area (Å²) in [7, 11) is 0. The number of carbonyl (C=O) groups excluding carboxylic acids is 1. The monoisotopic (exact) mass is 212 g/mol. The molecule has 1 aliphatic rings. The molecule has 0 aromatic rings. The molecular weight excluding hydrogens is 201 g/mol. The van der Waals surface area contributed by atoms with Crippen molar-refractivity contribution < 1.29 is 27.8 Å². The summed E-state index contributed by atoms with van der Waals surface area (Å²) in [5.74, 6) is -2.31. The van der Waals surface area contributed by atoms with Gasteiger partial charge < -0.3 is 9.84 Å². The maximum Gasteiger partial charge on any atom is 0.405 e. The lowest BCUT2D eigenvalue weighted by atomic mass is 10.0. The van der Waals surface area contributed by atoms with Crippen LogP contribution >= 0.6 is 0 Å². The van der Waals surface area contributed by atoms with Gasteiger partial charge in [-0.05, 0) is 13.3 Å². The van der Waals surface area contributed by atoms with Gasteiger partial charge in [0.25, 0.3) is 0 Å². The van der Waals surface area contributed by atoms with E-state index in [9.17, 15) is 18.0 Å². The van der Waals surface area contributed by atoms with E-state index in [-0.39, 0.29) is 13.0 Å². The van der Waals surface area contributed by atoms with Gasteiger partial charge in [0.05, 0.1) is 6.61 Å². The molecule has 2 unspecified atom stereocenters. The fourth-order valence-corrected chi connectivity index (χ4v) is 1.52. The van der Waals surface area contributed by atoms with E-state index in [2.05, 4.69) is 4.74 Å². The molecule has 0 spiro atoms. The molecule has 0 radical (unpaired) electrons. The van der Waals surface area contributed by atoms with Crippen molar-refractivity contribution >= 4 is 5.97 Å². The second kappa shape index (κ2) is 3.42. The first-order chi connectivity index (χ1) is 6.40. The molecule has 6 heteroatoms. The number of carbonyl (C=O) groups is 1. The summed E-state index contributed by atoms with van der Waals surface area (Å²) in [6.07, 6.45) is -5.00. The van der Waals surface area contributed by atoms with Crippen molar-refractivity contribution in [1.82, 2.24) is 0 Å². The van der Waals surface area contributed by atoms with Gasteiger partial charge in [-0.25, -0.2) is 0 Å². The van der Waals surface area contributed by atoms with E-state index in [1.54, 1.807) is 0 Å². The summed E-state index contributed by atoms with van der Waals surface area (Å²) in [6, 6.07) is 0. The SMILES string of the molecule is CCOC(=O)C1(C(F)(F)F)CC1CO. The Labute approximate surface area is 78.9 Å². The third-order valence-electron chi connectivity index (χ3n) is 2.47. The van der Waals surface area contributed by atoms with Gasteiger partial charge in [-0.2, -0.15) is 13.2 Å². The summed E-state index contributed by atoms with van der Waals surface area (Å²) in [5, 5.41) is 8.61. The fraction of sp³-hybridized carbons (Fsp3) is 0.875. The molecule has 0 aromatic carbocycles. The normalized spacial score (nSPS) is 31.4. The Morgan fingerprint density at radius 1 is 1.64 bits per heavy atom. The summed E-state index contributed by atoms with van der Waals surface area (Å²) in [4.78, 5) is 11.1. The van der Waals surface area contributed by atoms with E-state index in [4.69, 9.17) is 5.11 Å². The van der Waals surface area contributed by atoms with Crippen molar-refractivity contribution in [2.75, 3.05) is 13.2 Å². The molecule has 82 valence electrons. The van der Waals surface area contributed by atoms with Gasteiger partial charge in [-0.1, -0.05) is 0 Å². The van der Waals surface area contributed by atoms with Crippen molar-refractivity contribution in [3.63, 3.8) is 0 Å². The van der Waals surface area contributed by atoms with Crippen molar-refractivity contribution in [2.45, 2.75) is 19.5 Å². The van der Waals surface area contributed by atoms with Gasteiger partial charge in [0.2, 0.25) is 0 Å². The van der Waals surface area contributed by atoms with Gasteiger partial charge in [0.1, 0.15) is 0 Å². The number of esters is 1. The number of hydrogen-bond donors (Lipinski definition) is 1. The largest absolute Gasteiger partial charge is 0.465 e. The van der Waals surface area contributed by atoms with E-state index in [0.717, 1.165) is 0 Å². The molecule has 0 amide bonds. The number of alkyl halides is 3. The van der Waals surface area contributed by atoms with Gasteiger partial charge >= 0.3 is 12.1 Å². The second-order valence-electron chi connectivity index (χ2n) is 3.27. The predicted molar refractivity (Wildman–Crippen MR) is 40.3 cm³/mol. The minimum atomic E-state index is -4.63. The molecule has 3 nitrogen and oxygen atoms in total. The summed E-state index contributed by atoms with van der Waals surface area (Å²) < 4.78 is 41.8. The van der Waals surface area contributed by atoms with Crippen LogP contribution < -0.4 is 0 Å². The Morgan fingerprint density at radius 2 is 2.21 bits per heavy atom. The van der Waals surface area contributed by atoms with E-state index < -0.39 is 30.1 Å². The maximum atomic E-state index is 12.5. The molecule has 0 aromatic heterocycles. The van der Waals surface area contributed by atoms with E-state index in [1.165, 1.54) is 6.92 Å². The zero-order valence-corrected chi connectivity index (χ0v) is 7.60. The minimum Gasteiger partial charge on any atom is -0.465 e. The molecule has 1 fully saturated rings. The lowest BCUT2D eigenvalue weighted by Gasteiger charge is -2.18. The van der Waals surface area contributed by atoms with Gasteiger partial charge in [-0.15, -0.1) is 0 Å². The predicted octanol–water partition coefficient (Wildman–Crippen LogP) is 1.11. The molecule has 0 bridgehead atoms. The molecule has 0 saturated heterocycles. The third kappa shape index (κ3) is 1.47. The molecule has 0 heterocycles. The van der Waals surface area contributed by atoms with Crippen LogP contribution in [0.15, 0.2) is 0 Å². The highest BCUT2D eigenvalue weighted by Gasteiger charge is 2.76. The van der Waals surface area contributed by atoms with Crippen LogP contribution in [-0.2, 0) is 9.53 Å². The van der Waals surface area contributed by atoms with Crippen molar-refractivity contribution in [3.05, 3.63) is 0 Å². The van der Waals surface area contributed by atoms with E-state index in [0.29, 0.717) is 0 Å². The summed E-state index contributed by atoms with van der Waals surface area (Å²) in [5.41, 5.74) is -2.45. The molecule has 2 atom stereocenters. The van der Waals surface area contributed by atoms with E-state index >= 15 is 0 Å². The maximum absolute atomic E-state index is 12.5. The Morgan fingerprint density at radius 3 is 2.50 bits per heavy atom. The number of ether oxygens (including phenoxy) is 1. The molecule has 1 rings (SSSR count). The lowest BCUT2D eigenvalue weighted by Crippen LogP contribution is -2.36. The Kier molecular flexibility index (Phi) is 2.76. The summed E-state index contributed by atoms with van der Waals surface area (Å²) >= 11 is 0. The summed E-state index contributed by atoms with van der Waals surface area (Å²) in [6.45, 7) is 0.714. The third-order valence-corrected chi connectivity index (χ3v) is 2.47. The highest BCUT2D eigenvalue weighted by atomic mass is 19.4. The average Bonchev–Trinajstić information content (AvgIpc) is 2.78. The number of aliphatic hydroxyl groups is 1. The molecular formula is C8H11F3O3. The van der Waals surface area contributed by atoms with Gasteiger partial charge in [0, 0.05) is 12.5 Å². The highest BCUT2D eigenvalue weighted by Crippen LogP contribution is 2.62. The molecule has 14 heavy (non-hydrogen) atoms. The number of hydrogen-bond acceptors (Lipinski definition) is 3. The average molecular weight is 212 g/mol. The van der Waals surface area contributed by atoms with Crippen LogP contribution in [0.3, 0.4) is 0 Å². The van der Waals surface area contributed by atoms with E-state index in [1.807, 2.05) is 0 Å². The molecule has 1 aliphatic carbocycles. The first-order valence-electron chi connectivity index (χ1n) is 4.25. The zero-order valence-electron chi connectivity index (χ0n) is 7.60. The highest BCUT2D eigenvalue weighted by molar-refractivity contribution is 5.81. The Hall–Kier alpha value is -0.780. The van der Waals surface area contributed by atoms with Gasteiger partial charge in [-0.3, -0.25) is 4.79 Å². The molecule has 1 saturated carbocycles. The van der Waals surface area contributed by atoms with Crippen LogP contribution in [0.1, 0.15) is 13.3 Å². The van der Waals surface area contributed by atoms with Gasteiger partial charge in [0.15, 0.2) is 5.41 Å². The van der Waals surface area contributed by atoms with Crippen LogP contribution in [0.25, 0.3) is 0 Å². The first-order valence-corrected chi connectivity index (χ1v) is 4.25. The van der Waals surface area contributed by atoms with Crippen LogP contribution in [0.4, 0.5) is 13.2 Å².